The summed E-state index contributed by atoms with van der Waals surface area (Å²) in [5.74, 6) is 0.456. The van der Waals surface area contributed by atoms with Gasteiger partial charge in [0.05, 0.1) is 5.38 Å². The summed E-state index contributed by atoms with van der Waals surface area (Å²) in [5, 5.41) is 5.04. The van der Waals surface area contributed by atoms with Crippen molar-refractivity contribution in [2.24, 2.45) is 5.92 Å². The van der Waals surface area contributed by atoms with E-state index in [1.54, 1.807) is 0 Å². The first-order chi connectivity index (χ1) is 9.95. The summed E-state index contributed by atoms with van der Waals surface area (Å²) in [6.45, 7) is 4.74. The SMILES string of the molecule is CC(C)CC(Cl)CNC(=O)c1ccc2cc(Br)ccc2c1. The summed E-state index contributed by atoms with van der Waals surface area (Å²) in [4.78, 5) is 12.2. The number of fused-ring (bicyclic) bond motifs is 1. The van der Waals surface area contributed by atoms with Crippen molar-refractivity contribution in [2.45, 2.75) is 25.6 Å². The Balaban J connectivity index is 2.04. The summed E-state index contributed by atoms with van der Waals surface area (Å²) >= 11 is 9.65. The second-order valence-corrected chi connectivity index (χ2v) is 7.18. The number of amides is 1. The Labute approximate surface area is 139 Å². The van der Waals surface area contributed by atoms with Gasteiger partial charge in [-0.3, -0.25) is 4.79 Å². The molecule has 112 valence electrons. The number of rotatable bonds is 5. The fourth-order valence-corrected chi connectivity index (χ4v) is 3.07. The molecular formula is C17H19BrClNO. The topological polar surface area (TPSA) is 29.1 Å². The second-order valence-electron chi connectivity index (χ2n) is 5.64. The molecule has 1 N–H and O–H groups in total. The van der Waals surface area contributed by atoms with Crippen LogP contribution in [0.3, 0.4) is 0 Å². The molecule has 0 spiro atoms. The minimum absolute atomic E-state index is 0.0228. The Bertz CT molecular complexity index is 642. The van der Waals surface area contributed by atoms with Crippen LogP contribution in [0.25, 0.3) is 10.8 Å². The van der Waals surface area contributed by atoms with Crippen molar-refractivity contribution in [1.29, 1.82) is 0 Å². The normalized spacial score (nSPS) is 12.6. The molecule has 0 aliphatic carbocycles. The molecule has 0 aliphatic rings. The van der Waals surface area contributed by atoms with E-state index in [-0.39, 0.29) is 11.3 Å². The molecule has 4 heteroatoms. The van der Waals surface area contributed by atoms with Crippen molar-refractivity contribution in [3.05, 3.63) is 46.4 Å². The molecule has 2 nitrogen and oxygen atoms in total. The molecular weight excluding hydrogens is 350 g/mol. The molecule has 0 saturated heterocycles. The summed E-state index contributed by atoms with van der Waals surface area (Å²) in [7, 11) is 0. The Morgan fingerprint density at radius 3 is 2.57 bits per heavy atom. The van der Waals surface area contributed by atoms with E-state index < -0.39 is 0 Å². The van der Waals surface area contributed by atoms with Gasteiger partial charge in [-0.15, -0.1) is 11.6 Å². The maximum Gasteiger partial charge on any atom is 0.251 e. The quantitative estimate of drug-likeness (QED) is 0.740. The van der Waals surface area contributed by atoms with E-state index in [1.807, 2.05) is 36.4 Å². The molecule has 21 heavy (non-hydrogen) atoms. The highest BCUT2D eigenvalue weighted by Crippen LogP contribution is 2.21. The molecule has 2 aromatic carbocycles. The van der Waals surface area contributed by atoms with Gasteiger partial charge in [0.15, 0.2) is 0 Å². The largest absolute Gasteiger partial charge is 0.351 e. The van der Waals surface area contributed by atoms with Gasteiger partial charge in [-0.05, 0) is 47.4 Å². The molecule has 0 saturated carbocycles. The summed E-state index contributed by atoms with van der Waals surface area (Å²) < 4.78 is 1.03. The molecule has 2 rings (SSSR count). The fourth-order valence-electron chi connectivity index (χ4n) is 2.26. The lowest BCUT2D eigenvalue weighted by Gasteiger charge is -2.13. The number of hydrogen-bond acceptors (Lipinski definition) is 1. The lowest BCUT2D eigenvalue weighted by atomic mass is 10.1. The van der Waals surface area contributed by atoms with E-state index in [0.29, 0.717) is 18.0 Å². The highest BCUT2D eigenvalue weighted by atomic mass is 79.9. The van der Waals surface area contributed by atoms with Crippen LogP contribution in [0, 0.1) is 5.92 Å². The van der Waals surface area contributed by atoms with Crippen LogP contribution in [-0.2, 0) is 0 Å². The summed E-state index contributed by atoms with van der Waals surface area (Å²) in [6, 6.07) is 11.7. The number of hydrogen-bond donors (Lipinski definition) is 1. The second kappa shape index (κ2) is 7.28. The van der Waals surface area contributed by atoms with E-state index >= 15 is 0 Å². The van der Waals surface area contributed by atoms with Crippen molar-refractivity contribution < 1.29 is 4.79 Å². The summed E-state index contributed by atoms with van der Waals surface area (Å²) in [5.41, 5.74) is 0.665. The molecule has 0 radical (unpaired) electrons. The number of carbonyl (C=O) groups is 1. The Kier molecular flexibility index (Phi) is 5.65. The third-order valence-corrected chi connectivity index (χ3v) is 4.10. The molecule has 0 fully saturated rings. The van der Waals surface area contributed by atoms with Crippen LogP contribution in [-0.4, -0.2) is 17.8 Å². The van der Waals surface area contributed by atoms with Crippen molar-refractivity contribution in [3.63, 3.8) is 0 Å². The zero-order valence-corrected chi connectivity index (χ0v) is 14.5. The van der Waals surface area contributed by atoms with Gasteiger partial charge in [-0.2, -0.15) is 0 Å². The Morgan fingerprint density at radius 2 is 1.86 bits per heavy atom. The van der Waals surface area contributed by atoms with E-state index in [9.17, 15) is 4.79 Å². The average molecular weight is 369 g/mol. The van der Waals surface area contributed by atoms with Crippen LogP contribution in [0.1, 0.15) is 30.6 Å². The molecule has 0 bridgehead atoms. The van der Waals surface area contributed by atoms with Crippen LogP contribution < -0.4 is 5.32 Å². The van der Waals surface area contributed by atoms with E-state index in [1.165, 1.54) is 0 Å². The number of alkyl halides is 1. The van der Waals surface area contributed by atoms with Crippen LogP contribution in [0.2, 0.25) is 0 Å². The molecule has 0 aliphatic heterocycles. The first-order valence-electron chi connectivity index (χ1n) is 7.07. The van der Waals surface area contributed by atoms with Gasteiger partial charge in [0.25, 0.3) is 5.91 Å². The Hall–Kier alpha value is -1.06. The van der Waals surface area contributed by atoms with Crippen LogP contribution >= 0.6 is 27.5 Å². The van der Waals surface area contributed by atoms with E-state index in [0.717, 1.165) is 21.7 Å². The maximum atomic E-state index is 12.2. The Morgan fingerprint density at radius 1 is 1.19 bits per heavy atom. The average Bonchev–Trinajstić information content (AvgIpc) is 2.43. The first-order valence-corrected chi connectivity index (χ1v) is 8.30. The molecule has 1 unspecified atom stereocenters. The van der Waals surface area contributed by atoms with Gasteiger partial charge < -0.3 is 5.32 Å². The molecule has 2 aromatic rings. The molecule has 1 atom stereocenters. The van der Waals surface area contributed by atoms with Crippen molar-refractivity contribution >= 4 is 44.2 Å². The third kappa shape index (κ3) is 4.72. The summed E-state index contributed by atoms with van der Waals surface area (Å²) in [6.07, 6.45) is 0.896. The molecule has 0 aromatic heterocycles. The predicted molar refractivity (Wildman–Crippen MR) is 93.1 cm³/mol. The zero-order valence-electron chi connectivity index (χ0n) is 12.2. The van der Waals surface area contributed by atoms with Gasteiger partial charge in [0.2, 0.25) is 0 Å². The molecule has 1 amide bonds. The van der Waals surface area contributed by atoms with Crippen LogP contribution in [0.15, 0.2) is 40.9 Å². The van der Waals surface area contributed by atoms with Gasteiger partial charge in [0, 0.05) is 16.6 Å². The highest BCUT2D eigenvalue weighted by Gasteiger charge is 2.11. The van der Waals surface area contributed by atoms with Crippen molar-refractivity contribution in [1.82, 2.24) is 5.32 Å². The first kappa shape index (κ1) is 16.3. The lowest BCUT2D eigenvalue weighted by Crippen LogP contribution is -2.30. The van der Waals surface area contributed by atoms with Gasteiger partial charge >= 0.3 is 0 Å². The minimum atomic E-state index is -0.0748. The fraction of sp³-hybridized carbons (Fsp3) is 0.353. The van der Waals surface area contributed by atoms with Gasteiger partial charge in [-0.1, -0.05) is 41.9 Å². The lowest BCUT2D eigenvalue weighted by molar-refractivity contribution is 0.0953. The van der Waals surface area contributed by atoms with Gasteiger partial charge in [0.1, 0.15) is 0 Å². The van der Waals surface area contributed by atoms with Crippen LogP contribution in [0.5, 0.6) is 0 Å². The smallest absolute Gasteiger partial charge is 0.251 e. The third-order valence-electron chi connectivity index (χ3n) is 3.28. The number of carbonyl (C=O) groups excluding carboxylic acids is 1. The monoisotopic (exact) mass is 367 g/mol. The number of benzene rings is 2. The van der Waals surface area contributed by atoms with Gasteiger partial charge in [-0.25, -0.2) is 0 Å². The van der Waals surface area contributed by atoms with Crippen LogP contribution in [0.4, 0.5) is 0 Å². The number of nitrogens with one attached hydrogen (secondary N) is 1. The predicted octanol–water partition coefficient (Wildman–Crippen LogP) is 4.99. The minimum Gasteiger partial charge on any atom is -0.351 e. The maximum absolute atomic E-state index is 12.2. The van der Waals surface area contributed by atoms with E-state index in [2.05, 4.69) is 35.1 Å². The van der Waals surface area contributed by atoms with E-state index in [4.69, 9.17) is 11.6 Å². The van der Waals surface area contributed by atoms with Crippen molar-refractivity contribution in [3.8, 4) is 0 Å². The molecule has 0 heterocycles. The number of halogens is 2. The highest BCUT2D eigenvalue weighted by molar-refractivity contribution is 9.10. The van der Waals surface area contributed by atoms with Crippen molar-refractivity contribution in [2.75, 3.05) is 6.54 Å². The standard InChI is InChI=1S/C17H19BrClNO/c1-11(2)7-16(19)10-20-17(21)14-4-3-13-9-15(18)6-5-12(13)8-14/h3-6,8-9,11,16H,7,10H2,1-2H3,(H,20,21). The zero-order chi connectivity index (χ0) is 15.4.